The van der Waals surface area contributed by atoms with Gasteiger partial charge < -0.3 is 33.8 Å². The molecule has 0 saturated heterocycles. The molecular formula is C65H126O17P2. The predicted octanol–water partition coefficient (Wildman–Crippen LogP) is 17.8. The van der Waals surface area contributed by atoms with Crippen LogP contribution in [0.1, 0.15) is 312 Å². The molecule has 0 aliphatic carbocycles. The topological polar surface area (TPSA) is 237 Å². The van der Waals surface area contributed by atoms with Gasteiger partial charge in [0.05, 0.1) is 26.4 Å². The number of hydrogen-bond acceptors (Lipinski definition) is 15. The van der Waals surface area contributed by atoms with Gasteiger partial charge in [0.15, 0.2) is 12.2 Å². The average Bonchev–Trinajstić information content (AvgIpc) is 3.42. The molecular weight excluding hydrogens is 1110 g/mol. The van der Waals surface area contributed by atoms with Gasteiger partial charge in [0.25, 0.3) is 0 Å². The molecule has 0 spiro atoms. The normalized spacial score (nSPS) is 14.4. The van der Waals surface area contributed by atoms with Crippen molar-refractivity contribution < 1.29 is 80.2 Å². The number of phosphoric acid groups is 2. The summed E-state index contributed by atoms with van der Waals surface area (Å²) in [7, 11) is -9.89. The number of aliphatic hydroxyl groups excluding tert-OH is 1. The van der Waals surface area contributed by atoms with Crippen LogP contribution in [0.3, 0.4) is 0 Å². The van der Waals surface area contributed by atoms with Crippen LogP contribution in [-0.2, 0) is 65.4 Å². The van der Waals surface area contributed by atoms with E-state index in [1.54, 1.807) is 0 Å². The molecule has 0 aliphatic rings. The highest BCUT2D eigenvalue weighted by molar-refractivity contribution is 7.47. The standard InChI is InChI=1S/C65H126O17P2/c1-55(2)41-33-25-17-15-13-11-9-10-12-14-16-18-31-39-47-64(69)81-60(51-75-62(67)45-37-29-22-19-26-34-42-56(3)4)53-79-83(71,72)77-49-59(66)50-78-84(73,74)80-54-61(82-65(70)48-40-32-24-21-28-36-44-58(7)8)52-76-63(68)46-38-30-23-20-27-35-43-57(5)6/h55-61,66H,9-54H2,1-8H3,(H,71,72)(H,73,74)/t59-,60-,61-/m1/s1. The minimum atomic E-state index is -4.95. The second kappa shape index (κ2) is 55.2. The van der Waals surface area contributed by atoms with Gasteiger partial charge in [0.1, 0.15) is 19.3 Å². The molecule has 17 nitrogen and oxygen atoms in total. The van der Waals surface area contributed by atoms with Crippen molar-refractivity contribution >= 4 is 39.5 Å². The molecule has 0 aromatic carbocycles. The summed E-state index contributed by atoms with van der Waals surface area (Å²) in [6.07, 6.45) is 35.4. The van der Waals surface area contributed by atoms with Crippen molar-refractivity contribution in [2.45, 2.75) is 331 Å². The molecule has 0 saturated carbocycles. The van der Waals surface area contributed by atoms with Crippen molar-refractivity contribution in [2.24, 2.45) is 23.7 Å². The summed E-state index contributed by atoms with van der Waals surface area (Å²) in [5.74, 6) is 0.679. The van der Waals surface area contributed by atoms with Crippen molar-refractivity contribution in [2.75, 3.05) is 39.6 Å². The molecule has 5 atom stereocenters. The minimum absolute atomic E-state index is 0.100. The Labute approximate surface area is 511 Å². The van der Waals surface area contributed by atoms with Crippen LogP contribution in [0.2, 0.25) is 0 Å². The van der Waals surface area contributed by atoms with Gasteiger partial charge in [-0.15, -0.1) is 0 Å². The maximum absolute atomic E-state index is 13.0. The first-order valence-electron chi connectivity index (χ1n) is 33.7. The third-order valence-corrected chi connectivity index (χ3v) is 16.7. The number of rotatable bonds is 62. The molecule has 0 fully saturated rings. The molecule has 19 heteroatoms. The summed E-state index contributed by atoms with van der Waals surface area (Å²) in [5, 5.41) is 10.5. The first-order valence-corrected chi connectivity index (χ1v) is 36.7. The molecule has 0 rings (SSSR count). The summed E-state index contributed by atoms with van der Waals surface area (Å²) in [6.45, 7) is 13.9. The van der Waals surface area contributed by atoms with E-state index in [9.17, 15) is 43.2 Å². The smallest absolute Gasteiger partial charge is 0.462 e. The van der Waals surface area contributed by atoms with E-state index >= 15 is 0 Å². The van der Waals surface area contributed by atoms with E-state index < -0.39 is 97.5 Å². The highest BCUT2D eigenvalue weighted by Crippen LogP contribution is 2.45. The van der Waals surface area contributed by atoms with Gasteiger partial charge in [-0.05, 0) is 49.4 Å². The largest absolute Gasteiger partial charge is 0.472 e. The van der Waals surface area contributed by atoms with Gasteiger partial charge >= 0.3 is 39.5 Å². The van der Waals surface area contributed by atoms with Crippen LogP contribution in [0.25, 0.3) is 0 Å². The van der Waals surface area contributed by atoms with Crippen molar-refractivity contribution in [1.29, 1.82) is 0 Å². The number of esters is 4. The summed E-state index contributed by atoms with van der Waals surface area (Å²) in [4.78, 5) is 72.1. The fourth-order valence-corrected chi connectivity index (χ4v) is 11.2. The Morgan fingerprint density at radius 3 is 0.738 bits per heavy atom. The molecule has 0 amide bonds. The molecule has 0 aliphatic heterocycles. The van der Waals surface area contributed by atoms with Gasteiger partial charge in [0.2, 0.25) is 0 Å². The van der Waals surface area contributed by atoms with Crippen LogP contribution in [0.4, 0.5) is 0 Å². The number of carbonyl (C=O) groups excluding carboxylic acids is 4. The number of hydrogen-bond donors (Lipinski definition) is 3. The first-order chi connectivity index (χ1) is 40.1. The number of phosphoric ester groups is 2. The zero-order valence-electron chi connectivity index (χ0n) is 54.5. The summed E-state index contributed by atoms with van der Waals surface area (Å²) in [6, 6.07) is 0. The Kier molecular flexibility index (Phi) is 53.9. The SMILES string of the molecule is CC(C)CCCCCCCCCCCCCCCCC(=O)O[C@H](COC(=O)CCCCCCCCC(C)C)COP(=O)(O)OC[C@@H](O)COP(=O)(O)OC[C@@H](COC(=O)CCCCCCCCC(C)C)OC(=O)CCCCCCCCC(C)C. The second-order valence-corrected chi connectivity index (χ2v) is 28.3. The molecule has 498 valence electrons. The van der Waals surface area contributed by atoms with Gasteiger partial charge in [-0.25, -0.2) is 9.13 Å². The highest BCUT2D eigenvalue weighted by atomic mass is 31.2. The Balaban J connectivity index is 5.19. The van der Waals surface area contributed by atoms with Gasteiger partial charge in [0, 0.05) is 25.7 Å². The van der Waals surface area contributed by atoms with E-state index in [0.29, 0.717) is 43.4 Å². The van der Waals surface area contributed by atoms with E-state index in [1.165, 1.54) is 103 Å². The van der Waals surface area contributed by atoms with Crippen molar-refractivity contribution in [3.8, 4) is 0 Å². The lowest BCUT2D eigenvalue weighted by molar-refractivity contribution is -0.161. The molecule has 0 heterocycles. The highest BCUT2D eigenvalue weighted by Gasteiger charge is 2.30. The van der Waals surface area contributed by atoms with E-state index in [4.69, 9.17) is 37.0 Å². The third kappa shape index (κ3) is 59.0. The lowest BCUT2D eigenvalue weighted by Crippen LogP contribution is -2.30. The third-order valence-electron chi connectivity index (χ3n) is 14.8. The number of ether oxygens (including phenoxy) is 4. The molecule has 0 bridgehead atoms. The van der Waals surface area contributed by atoms with Crippen LogP contribution in [0.5, 0.6) is 0 Å². The molecule has 0 aromatic rings. The van der Waals surface area contributed by atoms with E-state index in [-0.39, 0.29) is 25.7 Å². The number of aliphatic hydroxyl groups is 1. The molecule has 84 heavy (non-hydrogen) atoms. The Hall–Kier alpha value is -1.94. The zero-order valence-corrected chi connectivity index (χ0v) is 56.3. The second-order valence-electron chi connectivity index (χ2n) is 25.4. The van der Waals surface area contributed by atoms with Gasteiger partial charge in [-0.2, -0.15) is 0 Å². The van der Waals surface area contributed by atoms with Crippen LogP contribution < -0.4 is 0 Å². The summed E-state index contributed by atoms with van der Waals surface area (Å²) < 4.78 is 67.9. The maximum Gasteiger partial charge on any atom is 0.472 e. The van der Waals surface area contributed by atoms with Crippen molar-refractivity contribution in [1.82, 2.24) is 0 Å². The fourth-order valence-electron chi connectivity index (χ4n) is 9.61. The zero-order chi connectivity index (χ0) is 62.5. The molecule has 0 radical (unpaired) electrons. The molecule has 0 aromatic heterocycles. The average molecular weight is 1240 g/mol. The Morgan fingerprint density at radius 1 is 0.298 bits per heavy atom. The lowest BCUT2D eigenvalue weighted by Gasteiger charge is -2.21. The van der Waals surface area contributed by atoms with Crippen LogP contribution in [0.15, 0.2) is 0 Å². The van der Waals surface area contributed by atoms with E-state index in [2.05, 4.69) is 55.4 Å². The van der Waals surface area contributed by atoms with E-state index in [1.807, 2.05) is 0 Å². The van der Waals surface area contributed by atoms with Crippen LogP contribution in [-0.4, -0.2) is 96.7 Å². The van der Waals surface area contributed by atoms with Gasteiger partial charge in [-0.3, -0.25) is 37.3 Å². The summed E-state index contributed by atoms with van der Waals surface area (Å²) >= 11 is 0. The molecule has 2 unspecified atom stereocenters. The van der Waals surface area contributed by atoms with Crippen molar-refractivity contribution in [3.05, 3.63) is 0 Å². The number of carbonyl (C=O) groups is 4. The van der Waals surface area contributed by atoms with Crippen molar-refractivity contribution in [3.63, 3.8) is 0 Å². The first kappa shape index (κ1) is 82.1. The van der Waals surface area contributed by atoms with E-state index in [0.717, 1.165) is 109 Å². The van der Waals surface area contributed by atoms with Gasteiger partial charge in [-0.1, -0.05) is 261 Å². The quantitative estimate of drug-likeness (QED) is 0.0222. The lowest BCUT2D eigenvalue weighted by atomic mass is 10.0. The Bertz CT molecular complexity index is 1680. The van der Waals surface area contributed by atoms with Crippen LogP contribution in [0, 0.1) is 23.7 Å². The fraction of sp³-hybridized carbons (Fsp3) is 0.938. The Morgan fingerprint density at radius 2 is 0.500 bits per heavy atom. The number of unbranched alkanes of at least 4 members (excludes halogenated alkanes) is 28. The monoisotopic (exact) mass is 1240 g/mol. The molecule has 3 N–H and O–H groups in total. The predicted molar refractivity (Wildman–Crippen MR) is 335 cm³/mol. The minimum Gasteiger partial charge on any atom is -0.462 e. The van der Waals surface area contributed by atoms with Crippen LogP contribution >= 0.6 is 15.6 Å². The maximum atomic E-state index is 13.0. The summed E-state index contributed by atoms with van der Waals surface area (Å²) in [5.41, 5.74) is 0.